The van der Waals surface area contributed by atoms with Gasteiger partial charge in [0.25, 0.3) is 0 Å². The highest BCUT2D eigenvalue weighted by atomic mass is 16.6. The zero-order chi connectivity index (χ0) is 16.5. The van der Waals surface area contributed by atoms with Gasteiger partial charge in [0.2, 0.25) is 0 Å². The van der Waals surface area contributed by atoms with E-state index in [9.17, 15) is 14.4 Å². The molecule has 0 fully saturated rings. The van der Waals surface area contributed by atoms with Crippen molar-refractivity contribution in [2.24, 2.45) is 0 Å². The molecule has 6 nitrogen and oxygen atoms in total. The van der Waals surface area contributed by atoms with Crippen molar-refractivity contribution in [3.05, 3.63) is 42.0 Å². The number of hydrogen-bond donors (Lipinski definition) is 0. The monoisotopic (exact) mass is 306 g/mol. The highest BCUT2D eigenvalue weighted by Gasteiger charge is 2.12. The van der Waals surface area contributed by atoms with Crippen molar-refractivity contribution in [3.63, 3.8) is 0 Å². The van der Waals surface area contributed by atoms with Crippen LogP contribution in [-0.2, 0) is 30.3 Å². The SMILES string of the molecule is C=C(C)C(=O)OCCC(=O)OC(=O)Cc1ccc(OC)cc1. The third kappa shape index (κ3) is 6.21. The van der Waals surface area contributed by atoms with E-state index >= 15 is 0 Å². The van der Waals surface area contributed by atoms with E-state index in [1.54, 1.807) is 31.4 Å². The predicted octanol–water partition coefficient (Wildman–Crippen LogP) is 1.82. The lowest BCUT2D eigenvalue weighted by Gasteiger charge is -2.05. The van der Waals surface area contributed by atoms with Crippen LogP contribution < -0.4 is 4.74 Å². The van der Waals surface area contributed by atoms with Crippen molar-refractivity contribution in [3.8, 4) is 5.75 Å². The third-order valence-electron chi connectivity index (χ3n) is 2.62. The van der Waals surface area contributed by atoms with Crippen LogP contribution in [0.1, 0.15) is 18.9 Å². The van der Waals surface area contributed by atoms with Gasteiger partial charge >= 0.3 is 17.9 Å². The molecule has 0 radical (unpaired) electrons. The molecule has 0 aliphatic heterocycles. The minimum atomic E-state index is -0.743. The fourth-order valence-electron chi connectivity index (χ4n) is 1.47. The Balaban J connectivity index is 2.33. The molecule has 118 valence electrons. The summed E-state index contributed by atoms with van der Waals surface area (Å²) in [4.78, 5) is 34.1. The lowest BCUT2D eigenvalue weighted by atomic mass is 10.1. The highest BCUT2D eigenvalue weighted by molar-refractivity contribution is 5.88. The molecule has 6 heteroatoms. The first-order valence-electron chi connectivity index (χ1n) is 6.61. The van der Waals surface area contributed by atoms with E-state index in [0.29, 0.717) is 11.3 Å². The van der Waals surface area contributed by atoms with Gasteiger partial charge < -0.3 is 14.2 Å². The minimum absolute atomic E-state index is 0.0265. The number of esters is 3. The zero-order valence-electron chi connectivity index (χ0n) is 12.6. The molecule has 1 aromatic rings. The standard InChI is InChI=1S/C16H18O6/c1-11(2)16(19)21-9-8-14(17)22-15(18)10-12-4-6-13(20-3)7-5-12/h4-7H,1,8-10H2,2-3H3. The van der Waals surface area contributed by atoms with Gasteiger partial charge in [0.1, 0.15) is 12.4 Å². The topological polar surface area (TPSA) is 78.9 Å². The van der Waals surface area contributed by atoms with Gasteiger partial charge in [-0.05, 0) is 24.6 Å². The predicted molar refractivity (Wildman–Crippen MR) is 78.2 cm³/mol. The summed E-state index contributed by atoms with van der Waals surface area (Å²) < 4.78 is 14.4. The Kier molecular flexibility index (Phi) is 6.82. The normalized spacial score (nSPS) is 9.73. The first-order valence-corrected chi connectivity index (χ1v) is 6.61. The molecule has 0 amide bonds. The number of carbonyl (C=O) groups excluding carboxylic acids is 3. The fourth-order valence-corrected chi connectivity index (χ4v) is 1.47. The van der Waals surface area contributed by atoms with Crippen LogP contribution in [0.25, 0.3) is 0 Å². The molecule has 0 aliphatic rings. The summed E-state index contributed by atoms with van der Waals surface area (Å²) in [6.45, 7) is 4.75. The Hall–Kier alpha value is -2.63. The van der Waals surface area contributed by atoms with Crippen LogP contribution in [0.15, 0.2) is 36.4 Å². The average Bonchev–Trinajstić information content (AvgIpc) is 2.47. The third-order valence-corrected chi connectivity index (χ3v) is 2.62. The number of benzene rings is 1. The fraction of sp³-hybridized carbons (Fsp3) is 0.312. The summed E-state index contributed by atoms with van der Waals surface area (Å²) >= 11 is 0. The molecule has 0 saturated carbocycles. The molecule has 0 N–H and O–H groups in total. The molecule has 0 atom stereocenters. The quantitative estimate of drug-likeness (QED) is 0.434. The molecule has 0 spiro atoms. The van der Waals surface area contributed by atoms with E-state index in [4.69, 9.17) is 9.47 Å². The van der Waals surface area contributed by atoms with Crippen LogP contribution in [-0.4, -0.2) is 31.6 Å². The van der Waals surface area contributed by atoms with Crippen LogP contribution in [0, 0.1) is 0 Å². The van der Waals surface area contributed by atoms with Crippen molar-refractivity contribution >= 4 is 17.9 Å². The molecule has 0 saturated heterocycles. The number of rotatable bonds is 7. The van der Waals surface area contributed by atoms with Gasteiger partial charge in [0.15, 0.2) is 0 Å². The molecular weight excluding hydrogens is 288 g/mol. The van der Waals surface area contributed by atoms with Crippen LogP contribution in [0.5, 0.6) is 5.75 Å². The second kappa shape index (κ2) is 8.61. The Labute approximate surface area is 128 Å². The van der Waals surface area contributed by atoms with E-state index in [1.165, 1.54) is 6.92 Å². The van der Waals surface area contributed by atoms with Crippen LogP contribution in [0.3, 0.4) is 0 Å². The second-order valence-corrected chi connectivity index (χ2v) is 4.54. The first-order chi connectivity index (χ1) is 10.4. The minimum Gasteiger partial charge on any atom is -0.497 e. The zero-order valence-corrected chi connectivity index (χ0v) is 12.6. The molecule has 0 unspecified atom stereocenters. The summed E-state index contributed by atoms with van der Waals surface area (Å²) in [5.74, 6) is -1.32. The number of methoxy groups -OCH3 is 1. The van der Waals surface area contributed by atoms with Gasteiger partial charge in [-0.3, -0.25) is 9.59 Å². The average molecular weight is 306 g/mol. The Morgan fingerprint density at radius 1 is 1.09 bits per heavy atom. The van der Waals surface area contributed by atoms with E-state index in [0.717, 1.165) is 0 Å². The molecule has 1 rings (SSSR count). The van der Waals surface area contributed by atoms with Crippen molar-refractivity contribution in [1.29, 1.82) is 0 Å². The number of carbonyl (C=O) groups is 3. The molecule has 1 aromatic carbocycles. The van der Waals surface area contributed by atoms with Gasteiger partial charge in [-0.2, -0.15) is 0 Å². The van der Waals surface area contributed by atoms with Crippen LogP contribution in [0.4, 0.5) is 0 Å². The van der Waals surface area contributed by atoms with Crippen molar-refractivity contribution in [2.75, 3.05) is 13.7 Å². The maximum absolute atomic E-state index is 11.6. The molecule has 0 heterocycles. The van der Waals surface area contributed by atoms with Crippen LogP contribution in [0.2, 0.25) is 0 Å². The van der Waals surface area contributed by atoms with Gasteiger partial charge in [0, 0.05) is 5.57 Å². The Morgan fingerprint density at radius 3 is 2.27 bits per heavy atom. The van der Waals surface area contributed by atoms with E-state index < -0.39 is 17.9 Å². The Bertz CT molecular complexity index is 559. The lowest BCUT2D eigenvalue weighted by Crippen LogP contribution is -2.17. The second-order valence-electron chi connectivity index (χ2n) is 4.54. The van der Waals surface area contributed by atoms with Gasteiger partial charge in [0.05, 0.1) is 20.0 Å². The summed E-state index contributed by atoms with van der Waals surface area (Å²) in [5.41, 5.74) is 0.941. The molecule has 0 aliphatic carbocycles. The lowest BCUT2D eigenvalue weighted by molar-refractivity contribution is -0.160. The molecule has 0 aromatic heterocycles. The van der Waals surface area contributed by atoms with E-state index in [-0.39, 0.29) is 25.0 Å². The van der Waals surface area contributed by atoms with Crippen molar-refractivity contribution in [1.82, 2.24) is 0 Å². The molecule has 0 bridgehead atoms. The van der Waals surface area contributed by atoms with Crippen LogP contribution >= 0.6 is 0 Å². The van der Waals surface area contributed by atoms with Crippen molar-refractivity contribution < 1.29 is 28.6 Å². The van der Waals surface area contributed by atoms with Gasteiger partial charge in [-0.15, -0.1) is 0 Å². The maximum Gasteiger partial charge on any atom is 0.333 e. The smallest absolute Gasteiger partial charge is 0.333 e. The van der Waals surface area contributed by atoms with E-state index in [2.05, 4.69) is 11.3 Å². The molecule has 22 heavy (non-hydrogen) atoms. The highest BCUT2D eigenvalue weighted by Crippen LogP contribution is 2.12. The summed E-state index contributed by atoms with van der Waals surface area (Å²) in [5, 5.41) is 0. The maximum atomic E-state index is 11.6. The van der Waals surface area contributed by atoms with Gasteiger partial charge in [-0.25, -0.2) is 4.79 Å². The summed E-state index contributed by atoms with van der Waals surface area (Å²) in [6, 6.07) is 6.83. The Morgan fingerprint density at radius 2 is 1.73 bits per heavy atom. The molecular formula is C16H18O6. The van der Waals surface area contributed by atoms with Crippen molar-refractivity contribution in [2.45, 2.75) is 19.8 Å². The van der Waals surface area contributed by atoms with E-state index in [1.807, 2.05) is 0 Å². The summed E-state index contributed by atoms with van der Waals surface area (Å²) in [7, 11) is 1.54. The van der Waals surface area contributed by atoms with Gasteiger partial charge in [-0.1, -0.05) is 18.7 Å². The first kappa shape index (κ1) is 17.4. The number of ether oxygens (including phenoxy) is 3. The summed E-state index contributed by atoms with van der Waals surface area (Å²) in [6.07, 6.45) is -0.214. The largest absolute Gasteiger partial charge is 0.497 e. The number of hydrogen-bond acceptors (Lipinski definition) is 6.